The molecule has 48 valence electrons. The van der Waals surface area contributed by atoms with Gasteiger partial charge in [-0.05, 0) is 6.92 Å². The van der Waals surface area contributed by atoms with Crippen molar-refractivity contribution in [2.45, 2.75) is 32.4 Å². The van der Waals surface area contributed by atoms with Gasteiger partial charge in [0.15, 0.2) is 0 Å². The second kappa shape index (κ2) is 2.83. The van der Waals surface area contributed by atoms with Crippen molar-refractivity contribution in [2.24, 2.45) is 0 Å². The molecule has 0 rings (SSSR count). The monoisotopic (exact) mass is 148 g/mol. The Morgan fingerprint density at radius 3 is 1.75 bits per heavy atom. The van der Waals surface area contributed by atoms with Crippen LogP contribution in [-0.2, 0) is 0 Å². The van der Waals surface area contributed by atoms with E-state index in [1.807, 2.05) is 6.92 Å². The molecule has 0 amide bonds. The summed E-state index contributed by atoms with van der Waals surface area (Å²) in [7, 11) is 0. The van der Waals surface area contributed by atoms with E-state index in [4.69, 9.17) is 12.2 Å². The molecule has 0 bridgehead atoms. The van der Waals surface area contributed by atoms with Crippen LogP contribution in [0.15, 0.2) is 0 Å². The number of hydrogen-bond acceptors (Lipinski definition) is 2. The van der Waals surface area contributed by atoms with Gasteiger partial charge in [-0.25, -0.2) is 0 Å². The molecule has 0 radical (unpaired) electrons. The van der Waals surface area contributed by atoms with Gasteiger partial charge in [0, 0.05) is 8.94 Å². The van der Waals surface area contributed by atoms with E-state index >= 15 is 0 Å². The van der Waals surface area contributed by atoms with E-state index in [0.29, 0.717) is 4.75 Å². The summed E-state index contributed by atoms with van der Waals surface area (Å²) in [6.45, 7) is 8.44. The molecule has 0 aliphatic carbocycles. The molecule has 0 heterocycles. The fourth-order valence-corrected chi connectivity index (χ4v) is 2.04. The van der Waals surface area contributed by atoms with E-state index in [1.54, 1.807) is 11.8 Å². The standard InChI is InChI=1S/C6H12S2/c1-5(7)8-6(2,3)4/h1-4H3. The van der Waals surface area contributed by atoms with E-state index in [1.165, 1.54) is 0 Å². The van der Waals surface area contributed by atoms with Crippen LogP contribution >= 0.6 is 24.0 Å². The Morgan fingerprint density at radius 1 is 1.38 bits per heavy atom. The third-order valence-electron chi connectivity index (χ3n) is 0.450. The first-order chi connectivity index (χ1) is 3.42. The summed E-state index contributed by atoms with van der Waals surface area (Å²) in [4.78, 5) is 0. The Hall–Kier alpha value is 0.440. The lowest BCUT2D eigenvalue weighted by atomic mass is 10.3. The molecule has 0 aromatic carbocycles. The highest BCUT2D eigenvalue weighted by atomic mass is 32.2. The minimum atomic E-state index is 0.297. The molecule has 0 fully saturated rings. The normalized spacial score (nSPS) is 11.5. The van der Waals surface area contributed by atoms with Crippen LogP contribution in [0, 0.1) is 0 Å². The highest BCUT2D eigenvalue weighted by molar-refractivity contribution is 8.23. The molecule has 0 aromatic heterocycles. The lowest BCUT2D eigenvalue weighted by Crippen LogP contribution is -2.08. The van der Waals surface area contributed by atoms with Gasteiger partial charge in [-0.3, -0.25) is 0 Å². The Bertz CT molecular complexity index is 89.2. The van der Waals surface area contributed by atoms with Gasteiger partial charge >= 0.3 is 0 Å². The number of thiocarbonyl (C=S) groups is 1. The maximum Gasteiger partial charge on any atom is 0.0452 e. The highest BCUT2D eigenvalue weighted by Gasteiger charge is 2.10. The Kier molecular flexibility index (Phi) is 2.99. The summed E-state index contributed by atoms with van der Waals surface area (Å²) in [6.07, 6.45) is 0. The van der Waals surface area contributed by atoms with Crippen LogP contribution in [0.25, 0.3) is 0 Å². The van der Waals surface area contributed by atoms with Crippen molar-refractivity contribution >= 4 is 28.2 Å². The zero-order valence-corrected chi connectivity index (χ0v) is 7.45. The predicted molar refractivity (Wildman–Crippen MR) is 45.6 cm³/mol. The topological polar surface area (TPSA) is 0 Å². The van der Waals surface area contributed by atoms with Crippen molar-refractivity contribution in [1.82, 2.24) is 0 Å². The number of thioether (sulfide) groups is 1. The van der Waals surface area contributed by atoms with Crippen LogP contribution in [0.3, 0.4) is 0 Å². The van der Waals surface area contributed by atoms with Crippen LogP contribution in [0.5, 0.6) is 0 Å². The van der Waals surface area contributed by atoms with Crippen LogP contribution in [-0.4, -0.2) is 8.94 Å². The summed E-state index contributed by atoms with van der Waals surface area (Å²) >= 11 is 6.65. The van der Waals surface area contributed by atoms with Gasteiger partial charge in [0.1, 0.15) is 0 Å². The van der Waals surface area contributed by atoms with Gasteiger partial charge in [0.2, 0.25) is 0 Å². The average Bonchev–Trinajstić information content (AvgIpc) is 1.21. The third-order valence-corrected chi connectivity index (χ3v) is 1.60. The largest absolute Gasteiger partial charge is 0.113 e. The molecule has 0 aromatic rings. The fourth-order valence-electron chi connectivity index (χ4n) is 0.431. The van der Waals surface area contributed by atoms with Crippen molar-refractivity contribution in [2.75, 3.05) is 0 Å². The van der Waals surface area contributed by atoms with Gasteiger partial charge in [-0.15, -0.1) is 11.8 Å². The SMILES string of the molecule is CC(=S)SC(C)(C)C. The van der Waals surface area contributed by atoms with Crippen molar-refractivity contribution in [3.05, 3.63) is 0 Å². The predicted octanol–water partition coefficient (Wildman–Crippen LogP) is 2.87. The minimum absolute atomic E-state index is 0.297. The zero-order valence-electron chi connectivity index (χ0n) is 5.82. The second-order valence-electron chi connectivity index (χ2n) is 2.71. The molecule has 0 saturated carbocycles. The van der Waals surface area contributed by atoms with Gasteiger partial charge in [0.05, 0.1) is 0 Å². The maximum atomic E-state index is 4.91. The van der Waals surface area contributed by atoms with Gasteiger partial charge in [0.25, 0.3) is 0 Å². The van der Waals surface area contributed by atoms with Gasteiger partial charge < -0.3 is 0 Å². The highest BCUT2D eigenvalue weighted by Crippen LogP contribution is 2.24. The van der Waals surface area contributed by atoms with Crippen molar-refractivity contribution < 1.29 is 0 Å². The molecule has 0 spiro atoms. The minimum Gasteiger partial charge on any atom is -0.113 e. The number of hydrogen-bond donors (Lipinski definition) is 0. The van der Waals surface area contributed by atoms with E-state index in [2.05, 4.69) is 20.8 Å². The molecule has 8 heavy (non-hydrogen) atoms. The fraction of sp³-hybridized carbons (Fsp3) is 0.833. The van der Waals surface area contributed by atoms with E-state index in [9.17, 15) is 0 Å². The third kappa shape index (κ3) is 6.44. The Balaban J connectivity index is 3.55. The first-order valence-electron chi connectivity index (χ1n) is 2.61. The molecule has 0 aliphatic heterocycles. The lowest BCUT2D eigenvalue weighted by Gasteiger charge is -2.15. The molecular formula is C6H12S2. The van der Waals surface area contributed by atoms with Crippen molar-refractivity contribution in [1.29, 1.82) is 0 Å². The first-order valence-corrected chi connectivity index (χ1v) is 3.84. The van der Waals surface area contributed by atoms with Crippen LogP contribution < -0.4 is 0 Å². The Morgan fingerprint density at radius 2 is 1.75 bits per heavy atom. The average molecular weight is 148 g/mol. The number of rotatable bonds is 0. The summed E-state index contributed by atoms with van der Waals surface area (Å²) < 4.78 is 1.32. The van der Waals surface area contributed by atoms with Gasteiger partial charge in [-0.1, -0.05) is 33.0 Å². The van der Waals surface area contributed by atoms with Crippen LogP contribution in [0.2, 0.25) is 0 Å². The molecule has 0 atom stereocenters. The first kappa shape index (κ1) is 8.44. The molecular weight excluding hydrogens is 136 g/mol. The van der Waals surface area contributed by atoms with Crippen LogP contribution in [0.4, 0.5) is 0 Å². The molecule has 0 aliphatic rings. The summed E-state index contributed by atoms with van der Waals surface area (Å²) in [6, 6.07) is 0. The van der Waals surface area contributed by atoms with E-state index in [0.717, 1.165) is 4.20 Å². The van der Waals surface area contributed by atoms with Gasteiger partial charge in [-0.2, -0.15) is 0 Å². The molecule has 0 saturated heterocycles. The smallest absolute Gasteiger partial charge is 0.0452 e. The summed E-state index contributed by atoms with van der Waals surface area (Å²) in [5, 5.41) is 0. The Labute approximate surface area is 61.0 Å². The second-order valence-corrected chi connectivity index (χ2v) is 5.62. The molecule has 0 N–H and O–H groups in total. The lowest BCUT2D eigenvalue weighted by molar-refractivity contribution is 0.809. The van der Waals surface area contributed by atoms with E-state index < -0.39 is 0 Å². The van der Waals surface area contributed by atoms with E-state index in [-0.39, 0.29) is 0 Å². The van der Waals surface area contributed by atoms with Crippen LogP contribution in [0.1, 0.15) is 27.7 Å². The molecule has 2 heteroatoms. The molecule has 0 nitrogen and oxygen atoms in total. The maximum absolute atomic E-state index is 4.91. The summed E-state index contributed by atoms with van der Waals surface area (Å²) in [5.41, 5.74) is 0. The van der Waals surface area contributed by atoms with Crippen molar-refractivity contribution in [3.63, 3.8) is 0 Å². The van der Waals surface area contributed by atoms with Crippen molar-refractivity contribution in [3.8, 4) is 0 Å². The molecule has 0 unspecified atom stereocenters. The zero-order chi connectivity index (χ0) is 6.78. The summed E-state index contributed by atoms with van der Waals surface area (Å²) in [5.74, 6) is 0. The quantitative estimate of drug-likeness (QED) is 0.484.